The van der Waals surface area contributed by atoms with Gasteiger partial charge in [-0.05, 0) is 31.0 Å². The summed E-state index contributed by atoms with van der Waals surface area (Å²) in [5.74, 6) is -0.695. The molecule has 1 N–H and O–H groups in total. The smallest absolute Gasteiger partial charge is 0.342 e. The normalized spacial score (nSPS) is 13.6. The van der Waals surface area contributed by atoms with E-state index >= 15 is 0 Å². The molecule has 1 aromatic carbocycles. The quantitative estimate of drug-likeness (QED) is 0.616. The maximum Gasteiger partial charge on any atom is 0.342 e. The van der Waals surface area contributed by atoms with E-state index in [-0.39, 0.29) is 11.5 Å². The van der Waals surface area contributed by atoms with E-state index in [1.165, 1.54) is 17.0 Å². The van der Waals surface area contributed by atoms with Crippen LogP contribution in [0.25, 0.3) is 5.78 Å². The molecule has 3 heterocycles. The molecule has 0 spiro atoms. The van der Waals surface area contributed by atoms with Gasteiger partial charge in [-0.3, -0.25) is 9.59 Å². The van der Waals surface area contributed by atoms with Crippen LogP contribution in [-0.2, 0) is 20.7 Å². The van der Waals surface area contributed by atoms with Crippen LogP contribution in [0.1, 0.15) is 35.8 Å². The third-order valence-electron chi connectivity index (χ3n) is 4.81. The first-order valence-corrected chi connectivity index (χ1v) is 9.62. The van der Waals surface area contributed by atoms with Gasteiger partial charge in [-0.1, -0.05) is 13.0 Å². The first kappa shape index (κ1) is 19.5. The van der Waals surface area contributed by atoms with Gasteiger partial charge in [0, 0.05) is 30.5 Å². The van der Waals surface area contributed by atoms with Crippen molar-refractivity contribution in [1.82, 2.24) is 19.6 Å². The number of aromatic nitrogens is 4. The Morgan fingerprint density at radius 3 is 2.90 bits per heavy atom. The van der Waals surface area contributed by atoms with E-state index in [9.17, 15) is 14.4 Å². The van der Waals surface area contributed by atoms with Gasteiger partial charge in [0.1, 0.15) is 6.33 Å². The number of hydrogen-bond acceptors (Lipinski definition) is 7. The average molecular weight is 408 g/mol. The summed E-state index contributed by atoms with van der Waals surface area (Å²) < 4.78 is 6.63. The molecule has 10 heteroatoms. The Kier molecular flexibility index (Phi) is 5.38. The zero-order chi connectivity index (χ0) is 21.1. The van der Waals surface area contributed by atoms with Crippen molar-refractivity contribution in [3.63, 3.8) is 0 Å². The number of hydrogen-bond donors (Lipinski definition) is 1. The summed E-state index contributed by atoms with van der Waals surface area (Å²) >= 11 is 0. The van der Waals surface area contributed by atoms with E-state index in [1.807, 2.05) is 13.0 Å². The lowest BCUT2D eigenvalue weighted by Gasteiger charge is -2.16. The SMILES string of the molecule is CCc1c(C(=O)OCC(=O)Nc2cccc(N3CCCC3=O)c2)cnc2ncnn12. The van der Waals surface area contributed by atoms with E-state index in [4.69, 9.17) is 4.74 Å². The highest BCUT2D eigenvalue weighted by molar-refractivity contribution is 5.98. The topological polar surface area (TPSA) is 119 Å². The molecular weight excluding hydrogens is 388 g/mol. The molecule has 154 valence electrons. The highest BCUT2D eigenvalue weighted by Gasteiger charge is 2.22. The molecule has 4 rings (SSSR count). The van der Waals surface area contributed by atoms with Gasteiger partial charge in [0.15, 0.2) is 6.61 Å². The van der Waals surface area contributed by atoms with Crippen molar-refractivity contribution < 1.29 is 19.1 Å². The van der Waals surface area contributed by atoms with Crippen molar-refractivity contribution >= 4 is 34.9 Å². The van der Waals surface area contributed by atoms with Gasteiger partial charge in [0.25, 0.3) is 11.7 Å². The number of anilines is 2. The summed E-state index contributed by atoms with van der Waals surface area (Å²) in [4.78, 5) is 46.4. The first-order chi connectivity index (χ1) is 14.6. The third kappa shape index (κ3) is 3.84. The Balaban J connectivity index is 1.39. The molecule has 0 saturated carbocycles. The van der Waals surface area contributed by atoms with Crippen LogP contribution in [0, 0.1) is 0 Å². The Labute approximate surface area is 171 Å². The summed E-state index contributed by atoms with van der Waals surface area (Å²) in [5.41, 5.74) is 2.09. The Hall–Kier alpha value is -3.82. The van der Waals surface area contributed by atoms with Gasteiger partial charge in [-0.25, -0.2) is 14.3 Å². The maximum absolute atomic E-state index is 12.5. The van der Waals surface area contributed by atoms with Gasteiger partial charge in [0.2, 0.25) is 5.91 Å². The second-order valence-corrected chi connectivity index (χ2v) is 6.77. The maximum atomic E-state index is 12.5. The van der Waals surface area contributed by atoms with E-state index in [0.717, 1.165) is 12.1 Å². The Morgan fingerprint density at radius 1 is 1.27 bits per heavy atom. The second-order valence-electron chi connectivity index (χ2n) is 6.77. The van der Waals surface area contributed by atoms with Crippen LogP contribution >= 0.6 is 0 Å². The molecule has 2 aromatic heterocycles. The van der Waals surface area contributed by atoms with Crippen LogP contribution in [0.5, 0.6) is 0 Å². The molecule has 3 aromatic rings. The van der Waals surface area contributed by atoms with Gasteiger partial charge < -0.3 is 15.0 Å². The minimum absolute atomic E-state index is 0.0668. The Morgan fingerprint density at radius 2 is 2.13 bits per heavy atom. The molecule has 30 heavy (non-hydrogen) atoms. The molecule has 1 aliphatic heterocycles. The van der Waals surface area contributed by atoms with Gasteiger partial charge in [-0.2, -0.15) is 10.1 Å². The molecule has 1 fully saturated rings. The van der Waals surface area contributed by atoms with Crippen molar-refractivity contribution in [2.45, 2.75) is 26.2 Å². The number of esters is 1. The van der Waals surface area contributed by atoms with E-state index in [2.05, 4.69) is 20.4 Å². The molecule has 1 aliphatic rings. The van der Waals surface area contributed by atoms with Crippen molar-refractivity contribution in [2.24, 2.45) is 0 Å². The number of nitrogens with zero attached hydrogens (tertiary/aromatic N) is 5. The van der Waals surface area contributed by atoms with Crippen LogP contribution in [0.2, 0.25) is 0 Å². The number of fused-ring (bicyclic) bond motifs is 1. The molecule has 0 atom stereocenters. The fourth-order valence-corrected chi connectivity index (χ4v) is 3.41. The average Bonchev–Trinajstić information content (AvgIpc) is 3.40. The number of ether oxygens (including phenoxy) is 1. The van der Waals surface area contributed by atoms with Crippen molar-refractivity contribution in [3.8, 4) is 0 Å². The lowest BCUT2D eigenvalue weighted by molar-refractivity contribution is -0.119. The van der Waals surface area contributed by atoms with Crippen molar-refractivity contribution in [3.05, 3.63) is 48.0 Å². The van der Waals surface area contributed by atoms with Crippen LogP contribution in [-0.4, -0.2) is 50.5 Å². The molecular formula is C20H20N6O4. The molecule has 10 nitrogen and oxygen atoms in total. The fourth-order valence-electron chi connectivity index (χ4n) is 3.41. The number of rotatable bonds is 6. The predicted molar refractivity (Wildman–Crippen MR) is 107 cm³/mol. The molecule has 0 bridgehead atoms. The van der Waals surface area contributed by atoms with Gasteiger partial charge >= 0.3 is 5.97 Å². The minimum atomic E-state index is -0.664. The largest absolute Gasteiger partial charge is 0.452 e. The number of benzene rings is 1. The van der Waals surface area contributed by atoms with Gasteiger partial charge in [-0.15, -0.1) is 0 Å². The number of aryl methyl sites for hydroxylation is 1. The number of amides is 2. The van der Waals surface area contributed by atoms with E-state index < -0.39 is 18.5 Å². The molecule has 0 aliphatic carbocycles. The minimum Gasteiger partial charge on any atom is -0.452 e. The summed E-state index contributed by atoms with van der Waals surface area (Å²) in [5, 5.41) is 6.74. The number of carbonyl (C=O) groups is 3. The summed E-state index contributed by atoms with van der Waals surface area (Å²) in [6, 6.07) is 7.01. The lowest BCUT2D eigenvalue weighted by Crippen LogP contribution is -2.24. The number of nitrogens with one attached hydrogen (secondary N) is 1. The van der Waals surface area contributed by atoms with Gasteiger partial charge in [0.05, 0.1) is 11.3 Å². The van der Waals surface area contributed by atoms with Crippen molar-refractivity contribution in [2.75, 3.05) is 23.4 Å². The number of carbonyl (C=O) groups excluding carboxylic acids is 3. The third-order valence-corrected chi connectivity index (χ3v) is 4.81. The zero-order valence-electron chi connectivity index (χ0n) is 16.4. The molecule has 2 amide bonds. The Bertz CT molecular complexity index is 1130. The highest BCUT2D eigenvalue weighted by Crippen LogP contribution is 2.24. The van der Waals surface area contributed by atoms with Crippen LogP contribution in [0.3, 0.4) is 0 Å². The zero-order valence-corrected chi connectivity index (χ0v) is 16.4. The van der Waals surface area contributed by atoms with Crippen LogP contribution in [0.15, 0.2) is 36.8 Å². The van der Waals surface area contributed by atoms with Crippen molar-refractivity contribution in [1.29, 1.82) is 0 Å². The van der Waals surface area contributed by atoms with E-state index in [1.54, 1.807) is 23.1 Å². The standard InChI is InChI=1S/C20H20N6O4/c1-2-16-15(10-21-20-22-12-23-26(16)20)19(29)30-11-17(27)24-13-5-3-6-14(9-13)25-8-4-7-18(25)28/h3,5-6,9-10,12H,2,4,7-8,11H2,1H3,(H,24,27). The van der Waals surface area contributed by atoms with E-state index in [0.29, 0.717) is 36.5 Å². The highest BCUT2D eigenvalue weighted by atomic mass is 16.5. The predicted octanol–water partition coefficient (Wildman–Crippen LogP) is 1.61. The fraction of sp³-hybridized carbons (Fsp3) is 0.300. The molecule has 0 radical (unpaired) electrons. The molecule has 0 unspecified atom stereocenters. The summed E-state index contributed by atoms with van der Waals surface area (Å²) in [6.07, 6.45) is 4.59. The molecule has 1 saturated heterocycles. The first-order valence-electron chi connectivity index (χ1n) is 9.62. The van der Waals surface area contributed by atoms with Crippen LogP contribution < -0.4 is 10.2 Å². The monoisotopic (exact) mass is 408 g/mol. The summed E-state index contributed by atoms with van der Waals surface area (Å²) in [7, 11) is 0. The summed E-state index contributed by atoms with van der Waals surface area (Å²) in [6.45, 7) is 2.08. The van der Waals surface area contributed by atoms with Crippen LogP contribution in [0.4, 0.5) is 11.4 Å². The second kappa shape index (κ2) is 8.27. The lowest BCUT2D eigenvalue weighted by atomic mass is 10.2.